The van der Waals surface area contributed by atoms with Crippen molar-refractivity contribution in [1.29, 1.82) is 0 Å². The van der Waals surface area contributed by atoms with Crippen LogP contribution in [0.15, 0.2) is 77.7 Å². The number of hydrogen-bond acceptors (Lipinski definition) is 4. The number of carbonyl (C=O) groups excluding carboxylic acids is 1. The Bertz CT molecular complexity index is 1090. The number of hydrogen-bond donors (Lipinski definition) is 3. The summed E-state index contributed by atoms with van der Waals surface area (Å²) in [6, 6.07) is 22.7. The first kappa shape index (κ1) is 18.9. The van der Waals surface area contributed by atoms with Crippen molar-refractivity contribution in [1.82, 2.24) is 14.7 Å². The van der Waals surface area contributed by atoms with Gasteiger partial charge in [0.1, 0.15) is 18.2 Å². The second-order valence-corrected chi connectivity index (χ2v) is 7.29. The van der Waals surface area contributed by atoms with Crippen molar-refractivity contribution in [3.8, 4) is 5.75 Å². The van der Waals surface area contributed by atoms with Gasteiger partial charge in [-0.05, 0) is 66.9 Å². The third-order valence-electron chi connectivity index (χ3n) is 4.27. The lowest BCUT2D eigenvalue weighted by Gasteiger charge is -2.09. The molecule has 1 aromatic heterocycles. The van der Waals surface area contributed by atoms with Crippen LogP contribution in [0.2, 0.25) is 0 Å². The van der Waals surface area contributed by atoms with Crippen LogP contribution in [-0.4, -0.2) is 16.0 Å². The van der Waals surface area contributed by atoms with Crippen molar-refractivity contribution in [2.45, 2.75) is 18.4 Å². The van der Waals surface area contributed by atoms with E-state index >= 15 is 0 Å². The van der Waals surface area contributed by atoms with Crippen LogP contribution in [0.5, 0.6) is 5.75 Å². The molecule has 0 atom stereocenters. The number of benzene rings is 3. The highest BCUT2D eigenvalue weighted by molar-refractivity contribution is 7.98. The predicted molar refractivity (Wildman–Crippen MR) is 116 cm³/mol. The lowest BCUT2D eigenvalue weighted by molar-refractivity contribution is 0.257. The number of imidazole rings is 1. The molecule has 0 fully saturated rings. The fraction of sp³-hybridized carbons (Fsp3) is 0.0909. The summed E-state index contributed by atoms with van der Waals surface area (Å²) < 4.78 is 8.56. The van der Waals surface area contributed by atoms with Crippen molar-refractivity contribution >= 4 is 34.7 Å². The van der Waals surface area contributed by atoms with E-state index in [1.165, 1.54) is 11.9 Å². The van der Waals surface area contributed by atoms with Crippen LogP contribution in [0, 0.1) is 6.92 Å². The lowest BCUT2D eigenvalue weighted by Crippen LogP contribution is -2.22. The molecule has 4 aromatic rings. The Hall–Kier alpha value is -3.45. The first-order valence-electron chi connectivity index (χ1n) is 9.13. The van der Waals surface area contributed by atoms with Crippen LogP contribution < -0.4 is 14.8 Å². The molecule has 0 aliphatic rings. The van der Waals surface area contributed by atoms with Crippen molar-refractivity contribution in [3.05, 3.63) is 84.2 Å². The summed E-state index contributed by atoms with van der Waals surface area (Å²) in [5.41, 5.74) is 3.70. The standard InChI is InChI=1S/C22H20N4O2S/c1-15-6-2-5-9-20(15)29-26-22(27)23-16-10-12-17(13-11-16)28-14-21-24-18-7-3-4-8-19(18)25-21/h2-13H,14H2,1H3,(H,24,25)(H2,23,26,27). The Morgan fingerprint density at radius 1 is 1.03 bits per heavy atom. The van der Waals surface area contributed by atoms with Gasteiger partial charge in [-0.25, -0.2) is 9.78 Å². The average Bonchev–Trinajstić information content (AvgIpc) is 3.16. The summed E-state index contributed by atoms with van der Waals surface area (Å²) in [6.07, 6.45) is 0. The minimum absolute atomic E-state index is 0.283. The molecule has 0 aliphatic heterocycles. The number of rotatable bonds is 6. The van der Waals surface area contributed by atoms with Gasteiger partial charge in [-0.2, -0.15) is 0 Å². The molecule has 146 valence electrons. The molecule has 29 heavy (non-hydrogen) atoms. The summed E-state index contributed by atoms with van der Waals surface area (Å²) in [6.45, 7) is 2.35. The highest BCUT2D eigenvalue weighted by atomic mass is 32.2. The fourth-order valence-corrected chi connectivity index (χ4v) is 3.42. The molecule has 3 aromatic carbocycles. The Labute approximate surface area is 172 Å². The van der Waals surface area contributed by atoms with Gasteiger partial charge >= 0.3 is 6.03 Å². The fourth-order valence-electron chi connectivity index (χ4n) is 2.79. The van der Waals surface area contributed by atoms with Gasteiger partial charge < -0.3 is 15.0 Å². The van der Waals surface area contributed by atoms with Crippen molar-refractivity contribution in [2.75, 3.05) is 5.32 Å². The summed E-state index contributed by atoms with van der Waals surface area (Å²) >= 11 is 1.29. The van der Waals surface area contributed by atoms with Crippen molar-refractivity contribution in [2.24, 2.45) is 0 Å². The van der Waals surface area contributed by atoms with Crippen LogP contribution in [0.3, 0.4) is 0 Å². The van der Waals surface area contributed by atoms with Gasteiger partial charge in [-0.3, -0.25) is 4.72 Å². The van der Waals surface area contributed by atoms with E-state index in [2.05, 4.69) is 20.0 Å². The van der Waals surface area contributed by atoms with Gasteiger partial charge in [-0.1, -0.05) is 30.3 Å². The number of ether oxygens (including phenoxy) is 1. The zero-order valence-electron chi connectivity index (χ0n) is 15.8. The zero-order chi connectivity index (χ0) is 20.1. The van der Waals surface area contributed by atoms with Crippen molar-refractivity contribution < 1.29 is 9.53 Å². The first-order chi connectivity index (χ1) is 14.2. The third-order valence-corrected chi connectivity index (χ3v) is 5.24. The van der Waals surface area contributed by atoms with Gasteiger partial charge in [0.15, 0.2) is 0 Å². The smallest absolute Gasteiger partial charge is 0.329 e. The van der Waals surface area contributed by atoms with Gasteiger partial charge in [0.2, 0.25) is 0 Å². The number of H-pyrrole nitrogens is 1. The summed E-state index contributed by atoms with van der Waals surface area (Å²) in [4.78, 5) is 20.8. The molecule has 0 bridgehead atoms. The monoisotopic (exact) mass is 404 g/mol. The maximum absolute atomic E-state index is 12.1. The molecule has 0 radical (unpaired) electrons. The Morgan fingerprint density at radius 3 is 2.59 bits per heavy atom. The molecular formula is C22H20N4O2S. The van der Waals surface area contributed by atoms with E-state index in [1.54, 1.807) is 12.1 Å². The van der Waals surface area contributed by atoms with Gasteiger partial charge in [0.25, 0.3) is 0 Å². The first-order valence-corrected chi connectivity index (χ1v) is 9.95. The van der Waals surface area contributed by atoms with Crippen molar-refractivity contribution in [3.63, 3.8) is 0 Å². The number of aromatic nitrogens is 2. The van der Waals surface area contributed by atoms with Gasteiger partial charge in [0, 0.05) is 10.6 Å². The number of nitrogens with zero attached hydrogens (tertiary/aromatic N) is 1. The summed E-state index contributed by atoms with van der Waals surface area (Å²) in [5.74, 6) is 1.46. The molecule has 1 heterocycles. The van der Waals surface area contributed by atoms with E-state index in [0.29, 0.717) is 18.0 Å². The van der Waals surface area contributed by atoms with Crippen LogP contribution in [0.25, 0.3) is 11.0 Å². The minimum Gasteiger partial charge on any atom is -0.486 e. The minimum atomic E-state index is -0.283. The van der Waals surface area contributed by atoms with E-state index in [9.17, 15) is 4.79 Å². The average molecular weight is 404 g/mol. The predicted octanol–water partition coefficient (Wildman–Crippen LogP) is 5.28. The number of aromatic amines is 1. The normalized spacial score (nSPS) is 10.7. The number of urea groups is 1. The van der Waals surface area contributed by atoms with Gasteiger partial charge in [-0.15, -0.1) is 0 Å². The topological polar surface area (TPSA) is 79.0 Å². The summed E-state index contributed by atoms with van der Waals surface area (Å²) in [7, 11) is 0. The highest BCUT2D eigenvalue weighted by Gasteiger charge is 2.06. The molecule has 0 saturated heterocycles. The van der Waals surface area contributed by atoms with E-state index in [1.807, 2.05) is 67.6 Å². The third kappa shape index (κ3) is 4.89. The molecule has 3 N–H and O–H groups in total. The number of fused-ring (bicyclic) bond motifs is 1. The van der Waals surface area contributed by atoms with E-state index in [0.717, 1.165) is 27.3 Å². The lowest BCUT2D eigenvalue weighted by atomic mass is 10.2. The van der Waals surface area contributed by atoms with Crippen LogP contribution >= 0.6 is 11.9 Å². The molecule has 7 heteroatoms. The molecule has 0 aliphatic carbocycles. The second kappa shape index (κ2) is 8.70. The molecule has 4 rings (SSSR count). The Balaban J connectivity index is 1.28. The van der Waals surface area contributed by atoms with Crippen LogP contribution in [-0.2, 0) is 6.61 Å². The molecular weight excluding hydrogens is 384 g/mol. The molecule has 0 unspecified atom stereocenters. The molecule has 0 spiro atoms. The number of para-hydroxylation sites is 2. The largest absolute Gasteiger partial charge is 0.486 e. The maximum atomic E-state index is 12.1. The van der Waals surface area contributed by atoms with Crippen LogP contribution in [0.4, 0.5) is 10.5 Å². The van der Waals surface area contributed by atoms with E-state index < -0.39 is 0 Å². The summed E-state index contributed by atoms with van der Waals surface area (Å²) in [5, 5.41) is 2.81. The molecule has 2 amide bonds. The van der Waals surface area contributed by atoms with Crippen LogP contribution in [0.1, 0.15) is 11.4 Å². The molecule has 6 nitrogen and oxygen atoms in total. The Morgan fingerprint density at radius 2 is 1.79 bits per heavy atom. The SMILES string of the molecule is Cc1ccccc1SNC(=O)Nc1ccc(OCc2nc3ccccc3[nH]2)cc1. The van der Waals surface area contributed by atoms with E-state index in [4.69, 9.17) is 4.74 Å². The maximum Gasteiger partial charge on any atom is 0.329 e. The number of amides is 2. The highest BCUT2D eigenvalue weighted by Crippen LogP contribution is 2.20. The number of carbonyl (C=O) groups is 1. The quantitative estimate of drug-likeness (QED) is 0.382. The van der Waals surface area contributed by atoms with E-state index in [-0.39, 0.29) is 6.03 Å². The number of anilines is 1. The second-order valence-electron chi connectivity index (χ2n) is 6.44. The van der Waals surface area contributed by atoms with Gasteiger partial charge in [0.05, 0.1) is 11.0 Å². The number of aryl methyl sites for hydroxylation is 1. The molecule has 0 saturated carbocycles. The number of nitrogens with one attached hydrogen (secondary N) is 3. The zero-order valence-corrected chi connectivity index (χ0v) is 16.6. The Kier molecular flexibility index (Phi) is 5.67.